The molecular formula is C19H27NOSi2. The molecule has 0 unspecified atom stereocenters. The summed E-state index contributed by atoms with van der Waals surface area (Å²) in [6, 6.07) is 18.8. The minimum atomic E-state index is -1.49. The quantitative estimate of drug-likeness (QED) is 0.548. The van der Waals surface area contributed by atoms with Gasteiger partial charge < -0.3 is 8.68 Å². The third-order valence-corrected chi connectivity index (χ3v) is 10.4. The van der Waals surface area contributed by atoms with Crippen molar-refractivity contribution in [3.63, 3.8) is 0 Å². The Bertz CT molecular complexity index is 754. The molecule has 23 heavy (non-hydrogen) atoms. The van der Waals surface area contributed by atoms with Gasteiger partial charge in [-0.15, -0.1) is 0 Å². The molecule has 0 spiro atoms. The highest BCUT2D eigenvalue weighted by atomic mass is 28.4. The first-order valence-electron chi connectivity index (χ1n) is 8.62. The Labute approximate surface area is 141 Å². The number of fused-ring (bicyclic) bond motifs is 3. The maximum atomic E-state index is 6.30. The van der Waals surface area contributed by atoms with E-state index in [1.165, 1.54) is 34.3 Å². The molecular weight excluding hydrogens is 314 g/mol. The lowest BCUT2D eigenvalue weighted by atomic mass is 10.2. The predicted molar refractivity (Wildman–Crippen MR) is 106 cm³/mol. The molecule has 0 fully saturated rings. The van der Waals surface area contributed by atoms with Gasteiger partial charge in [0.1, 0.15) is 0 Å². The monoisotopic (exact) mass is 341 g/mol. The van der Waals surface area contributed by atoms with Gasteiger partial charge in [-0.05, 0) is 50.8 Å². The lowest BCUT2D eigenvalue weighted by molar-refractivity contribution is 0.559. The first kappa shape index (κ1) is 16.5. The normalized spacial score (nSPS) is 12.6. The van der Waals surface area contributed by atoms with Crippen LogP contribution >= 0.6 is 0 Å². The molecule has 1 heterocycles. The number of benzene rings is 2. The van der Waals surface area contributed by atoms with Crippen molar-refractivity contribution in [2.45, 2.75) is 45.2 Å². The lowest BCUT2D eigenvalue weighted by Gasteiger charge is -2.25. The van der Waals surface area contributed by atoms with Crippen LogP contribution in [0.5, 0.6) is 0 Å². The largest absolute Gasteiger partial charge is 0.458 e. The van der Waals surface area contributed by atoms with Crippen molar-refractivity contribution < 1.29 is 4.12 Å². The van der Waals surface area contributed by atoms with Crippen molar-refractivity contribution in [1.82, 2.24) is 4.57 Å². The highest BCUT2D eigenvalue weighted by Crippen LogP contribution is 2.29. The number of aryl methyl sites for hydroxylation is 1. The Morgan fingerprint density at radius 3 is 1.96 bits per heavy atom. The molecule has 3 rings (SSSR count). The summed E-state index contributed by atoms with van der Waals surface area (Å²) in [5, 5.41) is 2.73. The van der Waals surface area contributed by atoms with Crippen molar-refractivity contribution in [1.29, 1.82) is 0 Å². The van der Waals surface area contributed by atoms with Crippen LogP contribution in [0.15, 0.2) is 48.5 Å². The summed E-state index contributed by atoms with van der Waals surface area (Å²) in [6.07, 6.45) is 1.20. The molecule has 0 saturated heterocycles. The fraction of sp³-hybridized carbons (Fsp3) is 0.368. The Balaban J connectivity index is 1.85. The van der Waals surface area contributed by atoms with E-state index in [9.17, 15) is 0 Å². The number of hydrogen-bond donors (Lipinski definition) is 0. The van der Waals surface area contributed by atoms with Crippen LogP contribution in [-0.2, 0) is 10.7 Å². The molecule has 0 aliphatic rings. The molecule has 0 amide bonds. The molecule has 0 bridgehead atoms. The second kappa shape index (κ2) is 6.63. The van der Waals surface area contributed by atoms with Crippen molar-refractivity contribution in [2.24, 2.45) is 0 Å². The molecule has 2 aromatic carbocycles. The second-order valence-corrected chi connectivity index (χ2v) is 14.3. The predicted octanol–water partition coefficient (Wildman–Crippen LogP) is 5.39. The standard InChI is InChI=1S/C19H27NOSi2/c1-22(2)21-23(3,4)15-9-14-20-18-12-7-5-10-16(18)17-11-6-8-13-19(17)20/h5-8,10-13,22H,9,14-15H2,1-4H3. The number of para-hydroxylation sites is 2. The Hall–Kier alpha value is -1.37. The molecule has 0 N–H and O–H groups in total. The summed E-state index contributed by atoms with van der Waals surface area (Å²) in [6.45, 7) is 10.4. The van der Waals surface area contributed by atoms with E-state index in [1.54, 1.807) is 0 Å². The SMILES string of the molecule is C[SiH](C)O[Si](C)(C)CCCn1c2ccccc2c2ccccc21. The molecule has 122 valence electrons. The molecule has 0 saturated carbocycles. The average molecular weight is 342 g/mol. The minimum absolute atomic E-state index is 0.925. The Morgan fingerprint density at radius 1 is 0.913 bits per heavy atom. The van der Waals surface area contributed by atoms with Gasteiger partial charge in [0.2, 0.25) is 0 Å². The Morgan fingerprint density at radius 2 is 1.43 bits per heavy atom. The van der Waals surface area contributed by atoms with Gasteiger partial charge in [-0.1, -0.05) is 36.4 Å². The summed E-state index contributed by atoms with van der Waals surface area (Å²) in [5.41, 5.74) is 2.71. The topological polar surface area (TPSA) is 14.2 Å². The zero-order chi connectivity index (χ0) is 16.4. The van der Waals surface area contributed by atoms with Gasteiger partial charge in [0.05, 0.1) is 0 Å². The molecule has 3 aromatic rings. The van der Waals surface area contributed by atoms with Crippen LogP contribution in [0.2, 0.25) is 32.2 Å². The van der Waals surface area contributed by atoms with E-state index >= 15 is 0 Å². The molecule has 0 atom stereocenters. The highest BCUT2D eigenvalue weighted by Gasteiger charge is 2.23. The van der Waals surface area contributed by atoms with Crippen LogP contribution in [0, 0.1) is 0 Å². The second-order valence-electron chi connectivity index (χ2n) is 7.22. The molecule has 4 heteroatoms. The van der Waals surface area contributed by atoms with Gasteiger partial charge in [-0.3, -0.25) is 0 Å². The van der Waals surface area contributed by atoms with Crippen molar-refractivity contribution >= 4 is 39.2 Å². The van der Waals surface area contributed by atoms with Gasteiger partial charge in [-0.2, -0.15) is 0 Å². The van der Waals surface area contributed by atoms with Gasteiger partial charge in [0.15, 0.2) is 17.4 Å². The van der Waals surface area contributed by atoms with E-state index < -0.39 is 17.4 Å². The third-order valence-electron chi connectivity index (χ3n) is 4.40. The summed E-state index contributed by atoms with van der Waals surface area (Å²) >= 11 is 0. The highest BCUT2D eigenvalue weighted by molar-refractivity contribution is 6.77. The van der Waals surface area contributed by atoms with Gasteiger partial charge in [-0.25, -0.2) is 0 Å². The van der Waals surface area contributed by atoms with Crippen LogP contribution in [0.3, 0.4) is 0 Å². The van der Waals surface area contributed by atoms with Crippen molar-refractivity contribution in [3.8, 4) is 0 Å². The average Bonchev–Trinajstić information content (AvgIpc) is 2.81. The van der Waals surface area contributed by atoms with Crippen LogP contribution in [0.1, 0.15) is 6.42 Å². The van der Waals surface area contributed by atoms with E-state index in [0.29, 0.717) is 0 Å². The summed E-state index contributed by atoms with van der Waals surface area (Å²) in [5.74, 6) is 0. The van der Waals surface area contributed by atoms with E-state index in [1.807, 2.05) is 0 Å². The zero-order valence-corrected chi connectivity index (χ0v) is 16.8. The maximum Gasteiger partial charge on any atom is 0.173 e. The third kappa shape index (κ3) is 3.60. The van der Waals surface area contributed by atoms with Gasteiger partial charge in [0, 0.05) is 28.4 Å². The van der Waals surface area contributed by atoms with Crippen LogP contribution < -0.4 is 0 Å². The van der Waals surface area contributed by atoms with Gasteiger partial charge in [0.25, 0.3) is 0 Å². The number of nitrogens with zero attached hydrogens (tertiary/aromatic N) is 1. The number of aromatic nitrogens is 1. The summed E-state index contributed by atoms with van der Waals surface area (Å²) in [7, 11) is -2.41. The summed E-state index contributed by atoms with van der Waals surface area (Å²) in [4.78, 5) is 0. The molecule has 0 radical (unpaired) electrons. The van der Waals surface area contributed by atoms with E-state index in [4.69, 9.17) is 4.12 Å². The fourth-order valence-corrected chi connectivity index (χ4v) is 10.2. The van der Waals surface area contributed by atoms with E-state index in [-0.39, 0.29) is 0 Å². The molecule has 1 aromatic heterocycles. The fourth-order valence-electron chi connectivity index (χ4n) is 3.60. The maximum absolute atomic E-state index is 6.30. The van der Waals surface area contributed by atoms with E-state index in [0.717, 1.165) is 6.54 Å². The van der Waals surface area contributed by atoms with Crippen molar-refractivity contribution in [3.05, 3.63) is 48.5 Å². The van der Waals surface area contributed by atoms with Crippen LogP contribution in [0.4, 0.5) is 0 Å². The summed E-state index contributed by atoms with van der Waals surface area (Å²) < 4.78 is 8.79. The van der Waals surface area contributed by atoms with Crippen LogP contribution in [0.25, 0.3) is 21.8 Å². The molecule has 0 aliphatic carbocycles. The van der Waals surface area contributed by atoms with Gasteiger partial charge >= 0.3 is 0 Å². The first-order valence-corrected chi connectivity index (χ1v) is 14.5. The van der Waals surface area contributed by atoms with Crippen LogP contribution in [-0.4, -0.2) is 21.9 Å². The van der Waals surface area contributed by atoms with E-state index in [2.05, 4.69) is 79.3 Å². The zero-order valence-electron chi connectivity index (χ0n) is 14.7. The first-order chi connectivity index (χ1) is 11.0. The molecule has 2 nitrogen and oxygen atoms in total. The number of hydrogen-bond acceptors (Lipinski definition) is 1. The minimum Gasteiger partial charge on any atom is -0.458 e. The molecule has 0 aliphatic heterocycles. The Kier molecular flexibility index (Phi) is 4.75. The lowest BCUT2D eigenvalue weighted by Crippen LogP contribution is -2.35. The smallest absolute Gasteiger partial charge is 0.173 e. The number of rotatable bonds is 6. The van der Waals surface area contributed by atoms with Crippen molar-refractivity contribution in [2.75, 3.05) is 0 Å².